The van der Waals surface area contributed by atoms with Crippen LogP contribution in [0.1, 0.15) is 20.8 Å². The number of benzene rings is 1. The van der Waals surface area contributed by atoms with E-state index >= 15 is 0 Å². The third-order valence-electron chi connectivity index (χ3n) is 4.18. The van der Waals surface area contributed by atoms with Gasteiger partial charge in [-0.05, 0) is 12.1 Å². The van der Waals surface area contributed by atoms with E-state index < -0.39 is 54.6 Å². The van der Waals surface area contributed by atoms with Crippen molar-refractivity contribution in [1.82, 2.24) is 0 Å². The van der Waals surface area contributed by atoms with Crippen molar-refractivity contribution in [3.05, 3.63) is 24.3 Å². The maximum absolute atomic E-state index is 12.4. The first-order valence-electron chi connectivity index (χ1n) is 9.38. The van der Waals surface area contributed by atoms with Crippen LogP contribution in [-0.4, -0.2) is 68.1 Å². The molecule has 0 aromatic heterocycles. The van der Waals surface area contributed by atoms with Crippen LogP contribution in [0.2, 0.25) is 0 Å². The second-order valence-electron chi connectivity index (χ2n) is 6.55. The molecule has 32 heavy (non-hydrogen) atoms. The zero-order valence-corrected chi connectivity index (χ0v) is 17.8. The molecule has 0 aliphatic carbocycles. The van der Waals surface area contributed by atoms with Gasteiger partial charge >= 0.3 is 23.9 Å². The van der Waals surface area contributed by atoms with E-state index in [4.69, 9.17) is 28.4 Å². The van der Waals surface area contributed by atoms with E-state index in [1.807, 2.05) is 0 Å². The Balaban J connectivity index is 2.53. The summed E-state index contributed by atoms with van der Waals surface area (Å²) in [6, 6.07) is 6.22. The number of carbonyl (C=O) groups excluding carboxylic acids is 5. The molecule has 0 unspecified atom stereocenters. The molecule has 1 aromatic rings. The smallest absolute Gasteiger partial charge is 0.339 e. The maximum Gasteiger partial charge on any atom is 0.339 e. The second-order valence-corrected chi connectivity index (χ2v) is 6.55. The number of ether oxygens (including phenoxy) is 6. The van der Waals surface area contributed by atoms with Crippen LogP contribution in [0, 0.1) is 0 Å². The zero-order chi connectivity index (χ0) is 23.8. The molecule has 0 spiro atoms. The summed E-state index contributed by atoms with van der Waals surface area (Å²) in [6.45, 7) is 3.25. The average molecular weight is 453 g/mol. The van der Waals surface area contributed by atoms with E-state index in [1.165, 1.54) is 12.1 Å². The Hall–Kier alpha value is -3.67. The van der Waals surface area contributed by atoms with E-state index in [-0.39, 0.29) is 11.4 Å². The van der Waals surface area contributed by atoms with Crippen LogP contribution in [0.25, 0.3) is 0 Å². The summed E-state index contributed by atoms with van der Waals surface area (Å²) in [7, 11) is 1.08. The van der Waals surface area contributed by atoms with Gasteiger partial charge in [-0.2, -0.15) is 0 Å². The lowest BCUT2D eigenvalue weighted by molar-refractivity contribution is -0.282. The number of anilines is 1. The number of hydrogen-bond donors (Lipinski definition) is 1. The minimum atomic E-state index is -1.59. The summed E-state index contributed by atoms with van der Waals surface area (Å²) in [6.07, 6.45) is -7.12. The third kappa shape index (κ3) is 6.17. The normalized spacial score (nSPS) is 24.4. The lowest BCUT2D eigenvalue weighted by atomic mass is 9.97. The predicted molar refractivity (Wildman–Crippen MR) is 104 cm³/mol. The average Bonchev–Trinajstić information content (AvgIpc) is 2.72. The summed E-state index contributed by atoms with van der Waals surface area (Å²) < 4.78 is 31.8. The van der Waals surface area contributed by atoms with Crippen molar-refractivity contribution < 1.29 is 52.4 Å². The standard InChI is InChI=1S/C20H23NO11/c1-10(23)28-15-16(29-11(2)24)18(30-12(3)25)20(32-17(15)19(26)27-4)31-14-8-6-5-7-13(14)21-9-22/h5-9,15-18,20H,1-4H3,(H,21,22)/t15-,16-,17-,18+,20+/m0/s1. The lowest BCUT2D eigenvalue weighted by Crippen LogP contribution is -2.64. The fraction of sp³-hybridized carbons (Fsp3) is 0.450. The van der Waals surface area contributed by atoms with Crippen LogP contribution < -0.4 is 10.1 Å². The van der Waals surface area contributed by atoms with E-state index in [9.17, 15) is 24.0 Å². The van der Waals surface area contributed by atoms with Crippen LogP contribution in [-0.2, 0) is 47.7 Å². The van der Waals surface area contributed by atoms with Gasteiger partial charge in [0.2, 0.25) is 18.8 Å². The molecular weight excluding hydrogens is 430 g/mol. The van der Waals surface area contributed by atoms with E-state index in [0.29, 0.717) is 6.41 Å². The highest BCUT2D eigenvalue weighted by Crippen LogP contribution is 2.33. The summed E-state index contributed by atoms with van der Waals surface area (Å²) in [5.74, 6) is -3.27. The van der Waals surface area contributed by atoms with Crippen molar-refractivity contribution in [2.24, 2.45) is 0 Å². The molecule has 1 aliphatic heterocycles. The highest BCUT2D eigenvalue weighted by molar-refractivity contribution is 5.77. The van der Waals surface area contributed by atoms with Gasteiger partial charge < -0.3 is 33.7 Å². The SMILES string of the molecule is COC(=O)[C@H]1O[C@@H](Oc2ccccc2NC=O)[C@H](OC(C)=O)[C@@H](OC(C)=O)[C@@H]1OC(C)=O. The molecule has 0 radical (unpaired) electrons. The molecule has 1 heterocycles. The van der Waals surface area contributed by atoms with Gasteiger partial charge in [0, 0.05) is 20.8 Å². The molecule has 2 rings (SSSR count). The third-order valence-corrected chi connectivity index (χ3v) is 4.18. The Morgan fingerprint density at radius 2 is 1.47 bits per heavy atom. The molecular formula is C20H23NO11. The Kier molecular flexibility index (Phi) is 8.53. The van der Waals surface area contributed by atoms with Gasteiger partial charge in [0.15, 0.2) is 18.3 Å². The molecule has 1 N–H and O–H groups in total. The van der Waals surface area contributed by atoms with Crippen molar-refractivity contribution in [2.45, 2.75) is 51.5 Å². The Bertz CT molecular complexity index is 871. The number of amides is 1. The Labute approximate surface area is 183 Å². The molecule has 174 valence electrons. The molecule has 1 amide bonds. The van der Waals surface area contributed by atoms with Crippen LogP contribution in [0.3, 0.4) is 0 Å². The summed E-state index contributed by atoms with van der Waals surface area (Å²) in [4.78, 5) is 58.5. The van der Waals surface area contributed by atoms with Crippen molar-refractivity contribution in [1.29, 1.82) is 0 Å². The molecule has 5 atom stereocenters. The molecule has 12 heteroatoms. The van der Waals surface area contributed by atoms with Gasteiger partial charge in [0.25, 0.3) is 0 Å². The quantitative estimate of drug-likeness (QED) is 0.329. The van der Waals surface area contributed by atoms with Crippen molar-refractivity contribution in [2.75, 3.05) is 12.4 Å². The first kappa shape index (κ1) is 24.6. The minimum absolute atomic E-state index is 0.0953. The van der Waals surface area contributed by atoms with Gasteiger partial charge in [-0.25, -0.2) is 4.79 Å². The fourth-order valence-corrected chi connectivity index (χ4v) is 3.05. The minimum Gasteiger partial charge on any atom is -0.467 e. The monoisotopic (exact) mass is 453 g/mol. The van der Waals surface area contributed by atoms with E-state index in [0.717, 1.165) is 27.9 Å². The van der Waals surface area contributed by atoms with E-state index in [2.05, 4.69) is 5.32 Å². The number of rotatable bonds is 8. The van der Waals surface area contributed by atoms with Crippen molar-refractivity contribution in [3.63, 3.8) is 0 Å². The number of methoxy groups -OCH3 is 1. The Morgan fingerprint density at radius 1 is 0.906 bits per heavy atom. The maximum atomic E-state index is 12.4. The first-order chi connectivity index (χ1) is 15.2. The largest absolute Gasteiger partial charge is 0.467 e. The number of hydrogen-bond acceptors (Lipinski definition) is 11. The van der Waals surface area contributed by atoms with Gasteiger partial charge in [-0.3, -0.25) is 19.2 Å². The van der Waals surface area contributed by atoms with Gasteiger partial charge in [0.05, 0.1) is 12.8 Å². The summed E-state index contributed by atoms with van der Waals surface area (Å²) in [5, 5.41) is 2.43. The van der Waals surface area contributed by atoms with Crippen LogP contribution in [0.5, 0.6) is 5.75 Å². The molecule has 1 saturated heterocycles. The molecule has 1 fully saturated rings. The van der Waals surface area contributed by atoms with Gasteiger partial charge in [0.1, 0.15) is 5.75 Å². The van der Waals surface area contributed by atoms with Crippen LogP contribution in [0.4, 0.5) is 5.69 Å². The van der Waals surface area contributed by atoms with Gasteiger partial charge in [-0.1, -0.05) is 12.1 Å². The second kappa shape index (κ2) is 11.1. The van der Waals surface area contributed by atoms with Crippen LogP contribution >= 0.6 is 0 Å². The molecule has 1 aromatic carbocycles. The topological polar surface area (TPSA) is 153 Å². The number of esters is 4. The molecule has 1 aliphatic rings. The highest BCUT2D eigenvalue weighted by atomic mass is 16.7. The zero-order valence-electron chi connectivity index (χ0n) is 17.8. The fourth-order valence-electron chi connectivity index (χ4n) is 3.05. The highest BCUT2D eigenvalue weighted by Gasteiger charge is 2.55. The molecule has 0 bridgehead atoms. The summed E-state index contributed by atoms with van der Waals surface area (Å²) >= 11 is 0. The van der Waals surface area contributed by atoms with Crippen molar-refractivity contribution in [3.8, 4) is 5.75 Å². The molecule has 12 nitrogen and oxygen atoms in total. The summed E-state index contributed by atoms with van der Waals surface area (Å²) in [5.41, 5.74) is 0.244. The number of para-hydroxylation sites is 2. The van der Waals surface area contributed by atoms with Crippen LogP contribution in [0.15, 0.2) is 24.3 Å². The van der Waals surface area contributed by atoms with E-state index in [1.54, 1.807) is 12.1 Å². The Morgan fingerprint density at radius 3 is 2.03 bits per heavy atom. The first-order valence-corrected chi connectivity index (χ1v) is 9.38. The van der Waals surface area contributed by atoms with Gasteiger partial charge in [-0.15, -0.1) is 0 Å². The lowest BCUT2D eigenvalue weighted by Gasteiger charge is -2.43. The number of carbonyl (C=O) groups is 5. The number of nitrogens with one attached hydrogen (secondary N) is 1. The predicted octanol–water partition coefficient (Wildman–Crippen LogP) is 0.327. The molecule has 0 saturated carbocycles. The van der Waals surface area contributed by atoms with Crippen molar-refractivity contribution >= 4 is 36.0 Å².